The first-order valence-corrected chi connectivity index (χ1v) is 5.03. The molecule has 1 aromatic carbocycles. The van der Waals surface area contributed by atoms with E-state index in [-0.39, 0.29) is 27.7 Å². The second kappa shape index (κ2) is 5.14. The summed E-state index contributed by atoms with van der Waals surface area (Å²) in [5, 5.41) is 10.8. The Bertz CT molecular complexity index is 447. The molecule has 0 aliphatic rings. The minimum atomic E-state index is -0.728. The lowest BCUT2D eigenvalue weighted by Crippen LogP contribution is -2.04. The van der Waals surface area contributed by atoms with Crippen molar-refractivity contribution in [3.05, 3.63) is 38.4 Å². The van der Waals surface area contributed by atoms with E-state index in [0.717, 1.165) is 6.07 Å². The molecule has 0 atom stereocenters. The van der Waals surface area contributed by atoms with Crippen LogP contribution in [0.5, 0.6) is 0 Å². The van der Waals surface area contributed by atoms with Gasteiger partial charge in [-0.25, -0.2) is 4.79 Å². The van der Waals surface area contributed by atoms with E-state index in [1.165, 1.54) is 13.2 Å². The van der Waals surface area contributed by atoms with Gasteiger partial charge in [0.25, 0.3) is 5.69 Å². The van der Waals surface area contributed by atoms with E-state index in [0.29, 0.717) is 0 Å². The zero-order chi connectivity index (χ0) is 12.3. The summed E-state index contributed by atoms with van der Waals surface area (Å²) in [4.78, 5) is 21.3. The molecule has 1 rings (SSSR count). The summed E-state index contributed by atoms with van der Waals surface area (Å²) >= 11 is 11.3. The molecule has 0 bridgehead atoms. The highest BCUT2D eigenvalue weighted by molar-refractivity contribution is 6.33. The fourth-order valence-electron chi connectivity index (χ4n) is 1.15. The van der Waals surface area contributed by atoms with Crippen LogP contribution < -0.4 is 0 Å². The van der Waals surface area contributed by atoms with Gasteiger partial charge in [-0.1, -0.05) is 11.6 Å². The molecule has 7 heteroatoms. The first kappa shape index (κ1) is 12.7. The van der Waals surface area contributed by atoms with Gasteiger partial charge in [-0.3, -0.25) is 10.1 Å². The Hall–Kier alpha value is -1.33. The van der Waals surface area contributed by atoms with Gasteiger partial charge in [0.1, 0.15) is 0 Å². The third kappa shape index (κ3) is 2.43. The maximum absolute atomic E-state index is 11.2. The lowest BCUT2D eigenvalue weighted by molar-refractivity contribution is -0.385. The van der Waals surface area contributed by atoms with Gasteiger partial charge in [-0.2, -0.15) is 0 Å². The van der Waals surface area contributed by atoms with E-state index in [4.69, 9.17) is 23.2 Å². The topological polar surface area (TPSA) is 69.4 Å². The first-order chi connectivity index (χ1) is 7.51. The fraction of sp³-hybridized carbons (Fsp3) is 0.222. The van der Waals surface area contributed by atoms with E-state index in [2.05, 4.69) is 4.74 Å². The van der Waals surface area contributed by atoms with Crippen molar-refractivity contribution in [1.29, 1.82) is 0 Å². The molecule has 0 aromatic heterocycles. The summed E-state index contributed by atoms with van der Waals surface area (Å²) in [5.41, 5.74) is -0.0474. The van der Waals surface area contributed by atoms with Crippen LogP contribution in [0.15, 0.2) is 12.1 Å². The van der Waals surface area contributed by atoms with Crippen molar-refractivity contribution in [2.75, 3.05) is 7.11 Å². The van der Waals surface area contributed by atoms with Crippen LogP contribution in [0.25, 0.3) is 0 Å². The van der Waals surface area contributed by atoms with Crippen LogP contribution in [-0.2, 0) is 10.6 Å². The predicted molar refractivity (Wildman–Crippen MR) is 59.0 cm³/mol. The van der Waals surface area contributed by atoms with Gasteiger partial charge >= 0.3 is 5.97 Å². The number of esters is 1. The summed E-state index contributed by atoms with van der Waals surface area (Å²) < 4.78 is 4.45. The molecule has 0 aliphatic heterocycles. The van der Waals surface area contributed by atoms with Gasteiger partial charge in [0.2, 0.25) is 0 Å². The number of hydrogen-bond donors (Lipinski definition) is 0. The summed E-state index contributed by atoms with van der Waals surface area (Å²) in [6.07, 6.45) is 0. The molecule has 0 aliphatic carbocycles. The summed E-state index contributed by atoms with van der Waals surface area (Å²) in [6.45, 7) is 0. The lowest BCUT2D eigenvalue weighted by atomic mass is 10.1. The Kier molecular flexibility index (Phi) is 4.09. The van der Waals surface area contributed by atoms with E-state index < -0.39 is 10.9 Å². The van der Waals surface area contributed by atoms with Gasteiger partial charge in [0.15, 0.2) is 0 Å². The van der Waals surface area contributed by atoms with Crippen LogP contribution in [0.4, 0.5) is 5.69 Å². The summed E-state index contributed by atoms with van der Waals surface area (Å²) in [7, 11) is 1.17. The molecule has 0 spiro atoms. The lowest BCUT2D eigenvalue weighted by Gasteiger charge is -2.05. The van der Waals surface area contributed by atoms with Gasteiger partial charge in [-0.15, -0.1) is 11.6 Å². The Morgan fingerprint density at radius 1 is 1.56 bits per heavy atom. The second-order valence-electron chi connectivity index (χ2n) is 2.84. The van der Waals surface area contributed by atoms with Crippen LogP contribution in [0.2, 0.25) is 5.02 Å². The standard InChI is InChI=1S/C9H7Cl2NO4/c1-16-9(13)6-3-8(12(14)15)5(4-10)2-7(6)11/h2-3H,4H2,1H3. The number of methoxy groups -OCH3 is 1. The number of halogens is 2. The number of alkyl halides is 1. The van der Waals surface area contributed by atoms with Gasteiger partial charge in [0, 0.05) is 11.6 Å². The van der Waals surface area contributed by atoms with E-state index in [1.54, 1.807) is 0 Å². The first-order valence-electron chi connectivity index (χ1n) is 4.12. The predicted octanol–water partition coefficient (Wildman–Crippen LogP) is 2.77. The number of benzene rings is 1. The van der Waals surface area contributed by atoms with Gasteiger partial charge < -0.3 is 4.74 Å². The number of nitro benzene ring substituents is 1. The third-order valence-electron chi connectivity index (χ3n) is 1.91. The SMILES string of the molecule is COC(=O)c1cc([N+](=O)[O-])c(CCl)cc1Cl. The number of carbonyl (C=O) groups is 1. The Balaban J connectivity index is 3.38. The minimum Gasteiger partial charge on any atom is -0.465 e. The van der Waals surface area contributed by atoms with Crippen LogP contribution >= 0.6 is 23.2 Å². The molecular formula is C9H7Cl2NO4. The normalized spacial score (nSPS) is 9.94. The number of nitro groups is 1. The smallest absolute Gasteiger partial charge is 0.339 e. The fourth-order valence-corrected chi connectivity index (χ4v) is 1.62. The molecule has 0 amide bonds. The zero-order valence-corrected chi connectivity index (χ0v) is 9.71. The summed E-state index contributed by atoms with van der Waals surface area (Å²) in [5.74, 6) is -0.786. The number of rotatable bonds is 3. The maximum atomic E-state index is 11.2. The van der Waals surface area contributed by atoms with Crippen molar-refractivity contribution in [3.63, 3.8) is 0 Å². The van der Waals surface area contributed by atoms with E-state index in [9.17, 15) is 14.9 Å². The molecule has 0 radical (unpaired) electrons. The minimum absolute atomic E-state index is 0.0512. The highest BCUT2D eigenvalue weighted by Gasteiger charge is 2.20. The Morgan fingerprint density at radius 2 is 2.19 bits per heavy atom. The number of nitrogens with zero attached hydrogens (tertiary/aromatic N) is 1. The molecule has 0 fully saturated rings. The molecule has 0 saturated carbocycles. The second-order valence-corrected chi connectivity index (χ2v) is 3.52. The van der Waals surface area contributed by atoms with Crippen molar-refractivity contribution < 1.29 is 14.5 Å². The summed E-state index contributed by atoms with van der Waals surface area (Å²) in [6, 6.07) is 2.35. The molecular weight excluding hydrogens is 257 g/mol. The Morgan fingerprint density at radius 3 is 2.62 bits per heavy atom. The maximum Gasteiger partial charge on any atom is 0.339 e. The van der Waals surface area contributed by atoms with Crippen molar-refractivity contribution in [2.45, 2.75) is 5.88 Å². The molecule has 1 aromatic rings. The molecule has 86 valence electrons. The van der Waals surface area contributed by atoms with Crippen molar-refractivity contribution in [2.24, 2.45) is 0 Å². The molecule has 0 N–H and O–H groups in total. The third-order valence-corrected chi connectivity index (χ3v) is 2.51. The van der Waals surface area contributed by atoms with E-state index in [1.807, 2.05) is 0 Å². The zero-order valence-electron chi connectivity index (χ0n) is 8.20. The van der Waals surface area contributed by atoms with Crippen molar-refractivity contribution in [1.82, 2.24) is 0 Å². The quantitative estimate of drug-likeness (QED) is 0.364. The van der Waals surface area contributed by atoms with Crippen molar-refractivity contribution >= 4 is 34.9 Å². The van der Waals surface area contributed by atoms with E-state index >= 15 is 0 Å². The van der Waals surface area contributed by atoms with Gasteiger partial charge in [0.05, 0.1) is 28.5 Å². The molecule has 5 nitrogen and oxygen atoms in total. The van der Waals surface area contributed by atoms with Crippen LogP contribution in [-0.4, -0.2) is 18.0 Å². The Labute approximate surface area is 101 Å². The average molecular weight is 264 g/mol. The molecule has 0 unspecified atom stereocenters. The van der Waals surface area contributed by atoms with Crippen LogP contribution in [0.1, 0.15) is 15.9 Å². The highest BCUT2D eigenvalue weighted by Crippen LogP contribution is 2.28. The largest absolute Gasteiger partial charge is 0.465 e. The molecule has 0 heterocycles. The number of hydrogen-bond acceptors (Lipinski definition) is 4. The number of carbonyl (C=O) groups excluding carboxylic acids is 1. The molecule has 0 saturated heterocycles. The average Bonchev–Trinajstić information content (AvgIpc) is 2.27. The monoisotopic (exact) mass is 263 g/mol. The van der Waals surface area contributed by atoms with Gasteiger partial charge in [-0.05, 0) is 6.07 Å². The van der Waals surface area contributed by atoms with Crippen LogP contribution in [0.3, 0.4) is 0 Å². The van der Waals surface area contributed by atoms with Crippen LogP contribution in [0, 0.1) is 10.1 Å². The molecule has 16 heavy (non-hydrogen) atoms. The van der Waals surface area contributed by atoms with Crippen molar-refractivity contribution in [3.8, 4) is 0 Å². The number of ether oxygens (including phenoxy) is 1. The highest BCUT2D eigenvalue weighted by atomic mass is 35.5.